The second kappa shape index (κ2) is 6.10. The van der Waals surface area contributed by atoms with E-state index in [9.17, 15) is 0 Å². The molecule has 2 heterocycles. The van der Waals surface area contributed by atoms with Gasteiger partial charge in [-0.2, -0.15) is 4.98 Å². The summed E-state index contributed by atoms with van der Waals surface area (Å²) in [5.74, 6) is 0.554. The van der Waals surface area contributed by atoms with Gasteiger partial charge in [-0.25, -0.2) is 4.98 Å². The average Bonchev–Trinajstić information content (AvgIpc) is 2.19. The van der Waals surface area contributed by atoms with Gasteiger partial charge in [-0.1, -0.05) is 0 Å². The molecule has 1 aliphatic heterocycles. The molecule has 0 aromatic carbocycles. The van der Waals surface area contributed by atoms with Gasteiger partial charge in [-0.05, 0) is 31.0 Å². The Kier molecular flexibility index (Phi) is 5.08. The Morgan fingerprint density at radius 3 is 3.07 bits per heavy atom. The van der Waals surface area contributed by atoms with Gasteiger partial charge in [0.1, 0.15) is 6.10 Å². The molecule has 0 saturated carbocycles. The highest BCUT2D eigenvalue weighted by molar-refractivity contribution is 6.28. The number of hydrogen-bond donors (Lipinski definition) is 1. The number of nitrogens with zero attached hydrogens (tertiary/aromatic N) is 2. The van der Waals surface area contributed by atoms with Crippen molar-refractivity contribution in [1.82, 2.24) is 15.3 Å². The molecule has 0 aliphatic carbocycles. The fraction of sp³-hybridized carbons (Fsp3) is 0.556. The van der Waals surface area contributed by atoms with Gasteiger partial charge >= 0.3 is 0 Å². The summed E-state index contributed by atoms with van der Waals surface area (Å²) >= 11 is 5.64. The summed E-state index contributed by atoms with van der Waals surface area (Å²) in [6.45, 7) is 1.95. The smallest absolute Gasteiger partial charge is 0.225 e. The average molecular weight is 250 g/mol. The van der Waals surface area contributed by atoms with Crippen molar-refractivity contribution >= 4 is 24.0 Å². The fourth-order valence-corrected chi connectivity index (χ4v) is 1.62. The first-order valence-corrected chi connectivity index (χ1v) is 5.08. The maximum Gasteiger partial charge on any atom is 0.225 e. The van der Waals surface area contributed by atoms with E-state index >= 15 is 0 Å². The van der Waals surface area contributed by atoms with E-state index < -0.39 is 0 Å². The van der Waals surface area contributed by atoms with Crippen molar-refractivity contribution in [3.8, 4) is 5.88 Å². The van der Waals surface area contributed by atoms with Crippen LogP contribution < -0.4 is 10.1 Å². The van der Waals surface area contributed by atoms with E-state index in [-0.39, 0.29) is 23.8 Å². The lowest BCUT2D eigenvalue weighted by atomic mass is 10.1. The largest absolute Gasteiger partial charge is 0.473 e. The summed E-state index contributed by atoms with van der Waals surface area (Å²) in [6.07, 6.45) is 4.01. The SMILES string of the molecule is Cl.Clc1nccc(O[C@@H]2CCCNC2)n1. The monoisotopic (exact) mass is 249 g/mol. The van der Waals surface area contributed by atoms with Crippen LogP contribution in [0.4, 0.5) is 0 Å². The highest BCUT2D eigenvalue weighted by Gasteiger charge is 2.14. The van der Waals surface area contributed by atoms with E-state index in [0.717, 1.165) is 25.9 Å². The van der Waals surface area contributed by atoms with Crippen molar-refractivity contribution in [2.75, 3.05) is 13.1 Å². The van der Waals surface area contributed by atoms with Gasteiger partial charge in [0.2, 0.25) is 11.2 Å². The van der Waals surface area contributed by atoms with Crippen LogP contribution in [0.1, 0.15) is 12.8 Å². The lowest BCUT2D eigenvalue weighted by Gasteiger charge is -2.23. The van der Waals surface area contributed by atoms with Crippen molar-refractivity contribution in [2.24, 2.45) is 0 Å². The Morgan fingerprint density at radius 2 is 2.40 bits per heavy atom. The third kappa shape index (κ3) is 3.81. The summed E-state index contributed by atoms with van der Waals surface area (Å²) in [7, 11) is 0. The van der Waals surface area contributed by atoms with Crippen molar-refractivity contribution in [3.05, 3.63) is 17.5 Å². The lowest BCUT2D eigenvalue weighted by Crippen LogP contribution is -2.37. The van der Waals surface area contributed by atoms with Gasteiger partial charge in [-0.15, -0.1) is 12.4 Å². The molecule has 15 heavy (non-hydrogen) atoms. The second-order valence-electron chi connectivity index (χ2n) is 3.25. The molecule has 0 amide bonds. The summed E-state index contributed by atoms with van der Waals surface area (Å²) < 4.78 is 5.64. The summed E-state index contributed by atoms with van der Waals surface area (Å²) in [4.78, 5) is 7.76. The van der Waals surface area contributed by atoms with Crippen molar-refractivity contribution < 1.29 is 4.74 Å². The summed E-state index contributed by atoms with van der Waals surface area (Å²) in [5.41, 5.74) is 0. The normalized spacial score (nSPS) is 20.5. The number of hydrogen-bond acceptors (Lipinski definition) is 4. The topological polar surface area (TPSA) is 47.0 Å². The standard InChI is InChI=1S/C9H12ClN3O.ClH/c10-9-12-5-3-8(13-9)14-7-2-1-4-11-6-7;/h3,5,7,11H,1-2,4,6H2;1H/t7-;/m1./s1. The third-order valence-corrected chi connectivity index (χ3v) is 2.32. The molecule has 4 nitrogen and oxygen atoms in total. The molecular formula is C9H13Cl2N3O. The van der Waals surface area contributed by atoms with Gasteiger partial charge in [0, 0.05) is 18.8 Å². The molecule has 1 fully saturated rings. The first-order chi connectivity index (χ1) is 6.84. The Morgan fingerprint density at radius 1 is 1.53 bits per heavy atom. The molecule has 0 radical (unpaired) electrons. The number of aromatic nitrogens is 2. The first kappa shape index (κ1) is 12.5. The molecule has 1 atom stereocenters. The number of rotatable bonds is 2. The molecule has 1 aromatic heterocycles. The number of nitrogens with one attached hydrogen (secondary N) is 1. The predicted molar refractivity (Wildman–Crippen MR) is 60.8 cm³/mol. The van der Waals surface area contributed by atoms with Crippen molar-refractivity contribution in [3.63, 3.8) is 0 Å². The van der Waals surface area contributed by atoms with E-state index in [1.54, 1.807) is 12.3 Å². The minimum absolute atomic E-state index is 0. The van der Waals surface area contributed by atoms with Crippen LogP contribution in [-0.2, 0) is 0 Å². The Hall–Kier alpha value is -0.580. The van der Waals surface area contributed by atoms with Crippen LogP contribution in [-0.4, -0.2) is 29.2 Å². The zero-order valence-corrected chi connectivity index (χ0v) is 9.72. The maximum absolute atomic E-state index is 5.64. The van der Waals surface area contributed by atoms with Gasteiger partial charge in [0.25, 0.3) is 0 Å². The lowest BCUT2D eigenvalue weighted by molar-refractivity contribution is 0.160. The zero-order valence-electron chi connectivity index (χ0n) is 8.15. The van der Waals surface area contributed by atoms with Crippen LogP contribution in [0.3, 0.4) is 0 Å². The molecule has 1 saturated heterocycles. The number of ether oxygens (including phenoxy) is 1. The first-order valence-electron chi connectivity index (χ1n) is 4.70. The molecule has 84 valence electrons. The quantitative estimate of drug-likeness (QED) is 0.811. The molecule has 0 spiro atoms. The maximum atomic E-state index is 5.64. The molecular weight excluding hydrogens is 237 g/mol. The van der Waals surface area contributed by atoms with Crippen molar-refractivity contribution in [1.29, 1.82) is 0 Å². The van der Waals surface area contributed by atoms with E-state index in [4.69, 9.17) is 16.3 Å². The van der Waals surface area contributed by atoms with Crippen LogP contribution in [0.5, 0.6) is 5.88 Å². The van der Waals surface area contributed by atoms with Crippen LogP contribution in [0.25, 0.3) is 0 Å². The minimum atomic E-state index is 0. The summed E-state index contributed by atoms with van der Waals surface area (Å²) in [5, 5.41) is 3.50. The van der Waals surface area contributed by atoms with E-state index in [1.807, 2.05) is 0 Å². The van der Waals surface area contributed by atoms with Gasteiger partial charge in [-0.3, -0.25) is 0 Å². The number of piperidine rings is 1. The zero-order chi connectivity index (χ0) is 9.80. The third-order valence-electron chi connectivity index (χ3n) is 2.14. The van der Waals surface area contributed by atoms with Gasteiger partial charge in [0.15, 0.2) is 0 Å². The number of halogens is 2. The summed E-state index contributed by atoms with van der Waals surface area (Å²) in [6, 6.07) is 1.72. The van der Waals surface area contributed by atoms with Crippen LogP contribution in [0.2, 0.25) is 5.28 Å². The molecule has 2 rings (SSSR count). The Bertz CT molecular complexity index is 305. The van der Waals surface area contributed by atoms with Crippen LogP contribution in [0, 0.1) is 0 Å². The predicted octanol–water partition coefficient (Wildman–Crippen LogP) is 1.68. The Labute approximate surface area is 99.8 Å². The fourth-order valence-electron chi connectivity index (χ4n) is 1.48. The van der Waals surface area contributed by atoms with Crippen LogP contribution >= 0.6 is 24.0 Å². The molecule has 0 bridgehead atoms. The molecule has 1 aromatic rings. The van der Waals surface area contributed by atoms with Gasteiger partial charge < -0.3 is 10.1 Å². The molecule has 6 heteroatoms. The van der Waals surface area contributed by atoms with Crippen molar-refractivity contribution in [2.45, 2.75) is 18.9 Å². The van der Waals surface area contributed by atoms with E-state index in [2.05, 4.69) is 15.3 Å². The van der Waals surface area contributed by atoms with Gasteiger partial charge in [0.05, 0.1) is 0 Å². The molecule has 1 aliphatic rings. The van der Waals surface area contributed by atoms with E-state index in [1.165, 1.54) is 0 Å². The van der Waals surface area contributed by atoms with Crippen LogP contribution in [0.15, 0.2) is 12.3 Å². The molecule has 0 unspecified atom stereocenters. The minimum Gasteiger partial charge on any atom is -0.473 e. The van der Waals surface area contributed by atoms with E-state index in [0.29, 0.717) is 5.88 Å². The molecule has 1 N–H and O–H groups in total. The Balaban J connectivity index is 0.00000112. The highest BCUT2D eigenvalue weighted by Crippen LogP contribution is 2.13. The second-order valence-corrected chi connectivity index (χ2v) is 3.59. The highest BCUT2D eigenvalue weighted by atomic mass is 35.5.